The minimum atomic E-state index is -0.287. The first-order valence-electron chi connectivity index (χ1n) is 5.82. The van der Waals surface area contributed by atoms with E-state index >= 15 is 0 Å². The largest absolute Gasteiger partial charge is 0.339 e. The van der Waals surface area contributed by atoms with Crippen molar-refractivity contribution >= 4 is 12.4 Å². The summed E-state index contributed by atoms with van der Waals surface area (Å²) in [4.78, 5) is 4.46. The molecule has 1 heterocycles. The quantitative estimate of drug-likeness (QED) is 0.885. The Morgan fingerprint density at radius 1 is 1.44 bits per heavy atom. The van der Waals surface area contributed by atoms with Crippen molar-refractivity contribution in [3.8, 4) is 0 Å². The summed E-state index contributed by atoms with van der Waals surface area (Å²) in [6.45, 7) is 2.17. The third-order valence-corrected chi connectivity index (χ3v) is 3.85. The lowest BCUT2D eigenvalue weighted by atomic mass is 9.77. The summed E-state index contributed by atoms with van der Waals surface area (Å²) in [5, 5.41) is 4.03. The summed E-state index contributed by atoms with van der Waals surface area (Å²) in [5.41, 5.74) is 5.86. The van der Waals surface area contributed by atoms with Crippen molar-refractivity contribution in [2.45, 2.75) is 50.5 Å². The zero-order chi connectivity index (χ0) is 10.5. The maximum absolute atomic E-state index is 6.14. The zero-order valence-electron chi connectivity index (χ0n) is 9.48. The standard InChI is InChI=1S/C11H17N3O.ClH/c1-7(8-3-4-8)9-13-10(14-15-9)11(12)5-2-6-11;/h7-8H,2-6,12H2,1H3;1H. The van der Waals surface area contributed by atoms with Crippen molar-refractivity contribution in [3.05, 3.63) is 11.7 Å². The highest BCUT2D eigenvalue weighted by atomic mass is 35.5. The fourth-order valence-corrected chi connectivity index (χ4v) is 2.20. The molecular weight excluding hydrogens is 226 g/mol. The van der Waals surface area contributed by atoms with E-state index in [9.17, 15) is 0 Å². The van der Waals surface area contributed by atoms with E-state index in [0.717, 1.165) is 30.5 Å². The Morgan fingerprint density at radius 3 is 2.62 bits per heavy atom. The summed E-state index contributed by atoms with van der Waals surface area (Å²) < 4.78 is 5.31. The third-order valence-electron chi connectivity index (χ3n) is 3.85. The average Bonchev–Trinajstić information content (AvgIpc) is 2.91. The van der Waals surface area contributed by atoms with Crippen LogP contribution in [0.25, 0.3) is 0 Å². The number of hydrogen-bond acceptors (Lipinski definition) is 4. The lowest BCUT2D eigenvalue weighted by Gasteiger charge is -2.34. The summed E-state index contributed by atoms with van der Waals surface area (Å²) in [7, 11) is 0. The molecule has 0 bridgehead atoms. The maximum Gasteiger partial charge on any atom is 0.229 e. The SMILES string of the molecule is CC(c1nc(C2(N)CCC2)no1)C1CC1.Cl. The number of aromatic nitrogens is 2. The van der Waals surface area contributed by atoms with Crippen LogP contribution in [0.2, 0.25) is 0 Å². The van der Waals surface area contributed by atoms with Gasteiger partial charge in [0.1, 0.15) is 0 Å². The summed E-state index contributed by atoms with van der Waals surface area (Å²) in [5.74, 6) is 2.67. The number of nitrogens with zero attached hydrogens (tertiary/aromatic N) is 2. The lowest BCUT2D eigenvalue weighted by molar-refractivity contribution is 0.228. The van der Waals surface area contributed by atoms with Crippen molar-refractivity contribution in [1.29, 1.82) is 0 Å². The van der Waals surface area contributed by atoms with E-state index in [1.165, 1.54) is 19.3 Å². The number of nitrogens with two attached hydrogens (primary N) is 1. The van der Waals surface area contributed by atoms with E-state index < -0.39 is 0 Å². The van der Waals surface area contributed by atoms with E-state index in [2.05, 4.69) is 17.1 Å². The van der Waals surface area contributed by atoms with Crippen molar-refractivity contribution in [2.24, 2.45) is 11.7 Å². The number of hydrogen-bond donors (Lipinski definition) is 1. The molecule has 1 aromatic rings. The molecule has 2 fully saturated rings. The fourth-order valence-electron chi connectivity index (χ4n) is 2.20. The topological polar surface area (TPSA) is 64.9 Å². The van der Waals surface area contributed by atoms with Crippen LogP contribution in [0, 0.1) is 5.92 Å². The first kappa shape index (κ1) is 11.9. The van der Waals surface area contributed by atoms with Gasteiger partial charge >= 0.3 is 0 Å². The highest BCUT2D eigenvalue weighted by Gasteiger charge is 2.40. The van der Waals surface area contributed by atoms with E-state index in [1.54, 1.807) is 0 Å². The average molecular weight is 244 g/mol. The summed E-state index contributed by atoms with van der Waals surface area (Å²) in [6, 6.07) is 0. The summed E-state index contributed by atoms with van der Waals surface area (Å²) >= 11 is 0. The van der Waals surface area contributed by atoms with Crippen LogP contribution in [-0.2, 0) is 5.54 Å². The van der Waals surface area contributed by atoms with Gasteiger partial charge in [0.05, 0.1) is 5.54 Å². The Morgan fingerprint density at radius 2 is 2.12 bits per heavy atom. The van der Waals surface area contributed by atoms with Gasteiger partial charge in [-0.3, -0.25) is 0 Å². The Kier molecular flexibility index (Phi) is 2.97. The van der Waals surface area contributed by atoms with Crippen molar-refractivity contribution in [2.75, 3.05) is 0 Å². The number of halogens is 1. The van der Waals surface area contributed by atoms with E-state index in [0.29, 0.717) is 5.92 Å². The number of rotatable bonds is 3. The van der Waals surface area contributed by atoms with Gasteiger partial charge < -0.3 is 10.3 Å². The second-order valence-corrected chi connectivity index (χ2v) is 5.09. The van der Waals surface area contributed by atoms with Crippen LogP contribution in [0.15, 0.2) is 4.52 Å². The molecule has 2 aliphatic carbocycles. The first-order chi connectivity index (χ1) is 7.19. The fraction of sp³-hybridized carbons (Fsp3) is 0.818. The monoisotopic (exact) mass is 243 g/mol. The van der Waals surface area contributed by atoms with Gasteiger partial charge in [0.2, 0.25) is 5.89 Å². The second-order valence-electron chi connectivity index (χ2n) is 5.09. The predicted molar refractivity (Wildman–Crippen MR) is 62.4 cm³/mol. The molecule has 90 valence electrons. The van der Waals surface area contributed by atoms with Crippen LogP contribution in [0.1, 0.15) is 56.7 Å². The molecule has 1 unspecified atom stereocenters. The van der Waals surface area contributed by atoms with Gasteiger partial charge in [-0.05, 0) is 38.0 Å². The van der Waals surface area contributed by atoms with Crippen LogP contribution in [-0.4, -0.2) is 10.1 Å². The highest BCUT2D eigenvalue weighted by Crippen LogP contribution is 2.43. The van der Waals surface area contributed by atoms with Gasteiger partial charge in [-0.2, -0.15) is 4.98 Å². The highest BCUT2D eigenvalue weighted by molar-refractivity contribution is 5.85. The molecule has 4 nitrogen and oxygen atoms in total. The van der Waals surface area contributed by atoms with Gasteiger partial charge in [-0.25, -0.2) is 0 Å². The van der Waals surface area contributed by atoms with Crippen molar-refractivity contribution in [3.63, 3.8) is 0 Å². The van der Waals surface area contributed by atoms with Gasteiger partial charge in [-0.15, -0.1) is 12.4 Å². The molecule has 2 N–H and O–H groups in total. The van der Waals surface area contributed by atoms with Crippen LogP contribution in [0.4, 0.5) is 0 Å². The van der Waals surface area contributed by atoms with Crippen LogP contribution < -0.4 is 5.73 Å². The minimum absolute atomic E-state index is 0. The van der Waals surface area contributed by atoms with Gasteiger partial charge in [0, 0.05) is 5.92 Å². The molecule has 1 aromatic heterocycles. The van der Waals surface area contributed by atoms with Crippen LogP contribution in [0.5, 0.6) is 0 Å². The van der Waals surface area contributed by atoms with Gasteiger partial charge in [0.15, 0.2) is 5.82 Å². The van der Waals surface area contributed by atoms with Crippen LogP contribution >= 0.6 is 12.4 Å². The third kappa shape index (κ3) is 1.84. The molecule has 5 heteroatoms. The van der Waals surface area contributed by atoms with Crippen molar-refractivity contribution < 1.29 is 4.52 Å². The van der Waals surface area contributed by atoms with Gasteiger partial charge in [0.25, 0.3) is 0 Å². The van der Waals surface area contributed by atoms with Crippen LogP contribution in [0.3, 0.4) is 0 Å². The lowest BCUT2D eigenvalue weighted by Crippen LogP contribution is -2.44. The maximum atomic E-state index is 6.14. The molecule has 0 saturated heterocycles. The first-order valence-corrected chi connectivity index (χ1v) is 5.82. The van der Waals surface area contributed by atoms with Gasteiger partial charge in [-0.1, -0.05) is 12.1 Å². The Labute approximate surface area is 101 Å². The van der Waals surface area contributed by atoms with E-state index in [-0.39, 0.29) is 17.9 Å². The molecule has 0 aromatic carbocycles. The predicted octanol–water partition coefficient (Wildman–Crippen LogP) is 2.34. The minimum Gasteiger partial charge on any atom is -0.339 e. The molecular formula is C11H18ClN3O. The second kappa shape index (κ2) is 4.00. The Balaban J connectivity index is 0.000000963. The van der Waals surface area contributed by atoms with Crippen molar-refractivity contribution in [1.82, 2.24) is 10.1 Å². The molecule has 0 spiro atoms. The molecule has 0 aliphatic heterocycles. The molecule has 3 rings (SSSR count). The van der Waals surface area contributed by atoms with E-state index in [1.807, 2.05) is 0 Å². The van der Waals surface area contributed by atoms with E-state index in [4.69, 9.17) is 10.3 Å². The Bertz CT molecular complexity index is 371. The molecule has 16 heavy (non-hydrogen) atoms. The molecule has 2 aliphatic rings. The zero-order valence-corrected chi connectivity index (χ0v) is 10.3. The molecule has 0 amide bonds. The molecule has 2 saturated carbocycles. The Hall–Kier alpha value is -0.610. The summed E-state index contributed by atoms with van der Waals surface area (Å²) in [6.07, 6.45) is 5.76. The normalized spacial score (nSPS) is 24.4. The molecule has 0 radical (unpaired) electrons. The molecule has 1 atom stereocenters. The smallest absolute Gasteiger partial charge is 0.229 e.